The Balaban J connectivity index is 2.53. The molecule has 0 fully saturated rings. The third-order valence-electron chi connectivity index (χ3n) is 3.79. The number of rotatable bonds is 7. The molecule has 0 aliphatic carbocycles. The van der Waals surface area contributed by atoms with Crippen LogP contribution in [-0.2, 0) is 9.53 Å². The second-order valence-corrected chi connectivity index (χ2v) is 6.08. The van der Waals surface area contributed by atoms with Crippen LogP contribution < -0.4 is 20.1 Å². The number of hydrogen-bond donors (Lipinski definition) is 2. The minimum atomic E-state index is -0.715. The highest BCUT2D eigenvalue weighted by Gasteiger charge is 2.33. The van der Waals surface area contributed by atoms with E-state index >= 15 is 0 Å². The van der Waals surface area contributed by atoms with Crippen LogP contribution in [0.5, 0.6) is 11.5 Å². The van der Waals surface area contributed by atoms with Crippen LogP contribution in [0.2, 0.25) is 5.02 Å². The molecule has 2 amide bonds. The van der Waals surface area contributed by atoms with Gasteiger partial charge in [0.2, 0.25) is 0 Å². The maximum absolute atomic E-state index is 12.2. The molecule has 1 aliphatic heterocycles. The number of urea groups is 1. The summed E-state index contributed by atoms with van der Waals surface area (Å²) in [7, 11) is 1.29. The zero-order valence-corrected chi connectivity index (χ0v) is 16.0. The fourth-order valence-corrected chi connectivity index (χ4v) is 2.96. The fourth-order valence-electron chi connectivity index (χ4n) is 2.69. The predicted molar refractivity (Wildman–Crippen MR) is 97.5 cm³/mol. The zero-order valence-electron chi connectivity index (χ0n) is 15.3. The van der Waals surface area contributed by atoms with Crippen molar-refractivity contribution in [3.8, 4) is 11.5 Å². The molecule has 1 aliphatic rings. The van der Waals surface area contributed by atoms with Crippen LogP contribution in [0.15, 0.2) is 23.4 Å². The highest BCUT2D eigenvalue weighted by Crippen LogP contribution is 2.40. The monoisotopic (exact) mass is 382 g/mol. The number of hydrogen-bond acceptors (Lipinski definition) is 5. The highest BCUT2D eigenvalue weighted by molar-refractivity contribution is 6.32. The van der Waals surface area contributed by atoms with Gasteiger partial charge in [-0.25, -0.2) is 9.59 Å². The number of allylic oxidation sites excluding steroid dienone is 1. The summed E-state index contributed by atoms with van der Waals surface area (Å²) in [5.41, 5.74) is 1.32. The second-order valence-electron chi connectivity index (χ2n) is 5.67. The highest BCUT2D eigenvalue weighted by atomic mass is 35.5. The van der Waals surface area contributed by atoms with E-state index in [1.807, 2.05) is 13.8 Å². The van der Waals surface area contributed by atoms with Gasteiger partial charge in [-0.15, -0.1) is 0 Å². The number of carbonyl (C=O) groups excluding carboxylic acids is 2. The summed E-state index contributed by atoms with van der Waals surface area (Å²) >= 11 is 6.39. The van der Waals surface area contributed by atoms with Crippen LogP contribution in [0.25, 0.3) is 0 Å². The molecule has 1 aromatic rings. The van der Waals surface area contributed by atoms with E-state index in [1.165, 1.54) is 7.11 Å². The molecule has 2 N–H and O–H groups in total. The van der Waals surface area contributed by atoms with E-state index in [0.29, 0.717) is 46.6 Å². The van der Waals surface area contributed by atoms with Crippen LogP contribution in [-0.4, -0.2) is 32.3 Å². The van der Waals surface area contributed by atoms with Gasteiger partial charge >= 0.3 is 12.0 Å². The number of nitrogens with one attached hydrogen (secondary N) is 2. The van der Waals surface area contributed by atoms with Gasteiger partial charge in [0.25, 0.3) is 0 Å². The first kappa shape index (κ1) is 19.9. The first-order valence-corrected chi connectivity index (χ1v) is 8.76. The Morgan fingerprint density at radius 1 is 1.27 bits per heavy atom. The fraction of sp³-hybridized carbons (Fsp3) is 0.444. The van der Waals surface area contributed by atoms with Crippen molar-refractivity contribution < 1.29 is 23.8 Å². The quantitative estimate of drug-likeness (QED) is 0.706. The molecule has 142 valence electrons. The molecule has 0 saturated heterocycles. The van der Waals surface area contributed by atoms with Crippen LogP contribution in [0.1, 0.15) is 38.8 Å². The molecule has 0 saturated carbocycles. The maximum atomic E-state index is 12.2. The van der Waals surface area contributed by atoms with Crippen molar-refractivity contribution in [2.75, 3.05) is 20.3 Å². The van der Waals surface area contributed by atoms with E-state index in [0.717, 1.165) is 6.42 Å². The van der Waals surface area contributed by atoms with Gasteiger partial charge in [-0.3, -0.25) is 0 Å². The summed E-state index contributed by atoms with van der Waals surface area (Å²) in [6.45, 7) is 6.39. The zero-order chi connectivity index (χ0) is 19.3. The van der Waals surface area contributed by atoms with Crippen LogP contribution in [0, 0.1) is 0 Å². The van der Waals surface area contributed by atoms with E-state index in [9.17, 15) is 9.59 Å². The molecule has 26 heavy (non-hydrogen) atoms. The van der Waals surface area contributed by atoms with Crippen LogP contribution in [0.3, 0.4) is 0 Å². The van der Waals surface area contributed by atoms with Crippen molar-refractivity contribution in [3.05, 3.63) is 34.0 Å². The SMILES string of the molecule is CCCOc1c(Cl)cc([C@H]2NC(=O)NC(C)=C2C(=O)OC)cc1OCC. The topological polar surface area (TPSA) is 85.9 Å². The number of amides is 2. The van der Waals surface area contributed by atoms with Gasteiger partial charge in [0.1, 0.15) is 0 Å². The van der Waals surface area contributed by atoms with Crippen molar-refractivity contribution in [2.45, 2.75) is 33.2 Å². The summed E-state index contributed by atoms with van der Waals surface area (Å²) in [5, 5.41) is 5.64. The van der Waals surface area contributed by atoms with E-state index in [-0.39, 0.29) is 0 Å². The van der Waals surface area contributed by atoms with Gasteiger partial charge in [0.05, 0.1) is 37.0 Å². The van der Waals surface area contributed by atoms with Crippen molar-refractivity contribution in [3.63, 3.8) is 0 Å². The van der Waals surface area contributed by atoms with Crippen molar-refractivity contribution in [2.24, 2.45) is 0 Å². The summed E-state index contributed by atoms with van der Waals surface area (Å²) in [6.07, 6.45) is 0.822. The average molecular weight is 383 g/mol. The minimum absolute atomic E-state index is 0.299. The standard InChI is InChI=1S/C18H23ClN2O5/c1-5-7-26-16-12(19)8-11(9-13(16)25-6-2)15-14(17(22)24-4)10(3)20-18(23)21-15/h8-9,15H,5-7H2,1-4H3,(H2,20,21,23)/t15-/m1/s1. The Kier molecular flexibility index (Phi) is 6.74. The smallest absolute Gasteiger partial charge is 0.337 e. The number of halogens is 1. The Labute approximate surface area is 157 Å². The van der Waals surface area contributed by atoms with Crippen LogP contribution in [0.4, 0.5) is 4.79 Å². The number of esters is 1. The molecular weight excluding hydrogens is 360 g/mol. The lowest BCUT2D eigenvalue weighted by atomic mass is 9.95. The third-order valence-corrected chi connectivity index (χ3v) is 4.07. The molecule has 1 atom stereocenters. The summed E-state index contributed by atoms with van der Waals surface area (Å²) in [6, 6.07) is 2.24. The molecule has 1 aromatic carbocycles. The molecule has 0 bridgehead atoms. The normalized spacial score (nSPS) is 16.7. The predicted octanol–water partition coefficient (Wildman–Crippen LogP) is 3.33. The Hall–Kier alpha value is -2.41. The third kappa shape index (κ3) is 4.22. The average Bonchev–Trinajstić information content (AvgIpc) is 2.60. The van der Waals surface area contributed by atoms with Gasteiger partial charge in [-0.2, -0.15) is 0 Å². The summed E-state index contributed by atoms with van der Waals surface area (Å²) in [5.74, 6) is 0.359. The van der Waals surface area contributed by atoms with E-state index < -0.39 is 18.0 Å². The van der Waals surface area contributed by atoms with Gasteiger partial charge in [-0.1, -0.05) is 18.5 Å². The minimum Gasteiger partial charge on any atom is -0.490 e. The first-order valence-electron chi connectivity index (χ1n) is 8.38. The molecule has 0 aromatic heterocycles. The number of methoxy groups -OCH3 is 1. The van der Waals surface area contributed by atoms with Gasteiger partial charge in [0.15, 0.2) is 11.5 Å². The Bertz CT molecular complexity index is 733. The molecule has 0 spiro atoms. The molecule has 8 heteroatoms. The lowest BCUT2D eigenvalue weighted by Crippen LogP contribution is -2.45. The molecule has 7 nitrogen and oxygen atoms in total. The Morgan fingerprint density at radius 3 is 2.62 bits per heavy atom. The van der Waals surface area contributed by atoms with Crippen LogP contribution >= 0.6 is 11.6 Å². The van der Waals surface area contributed by atoms with E-state index in [2.05, 4.69) is 10.6 Å². The van der Waals surface area contributed by atoms with E-state index in [4.69, 9.17) is 25.8 Å². The lowest BCUT2D eigenvalue weighted by Gasteiger charge is -2.28. The number of ether oxygens (including phenoxy) is 3. The second kappa shape index (κ2) is 8.80. The molecule has 1 heterocycles. The molecule has 0 unspecified atom stereocenters. The molecule has 2 rings (SSSR count). The van der Waals surface area contributed by atoms with E-state index in [1.54, 1.807) is 19.1 Å². The molecule has 0 radical (unpaired) electrons. The largest absolute Gasteiger partial charge is 0.490 e. The van der Waals surface area contributed by atoms with Crippen molar-refractivity contribution in [1.82, 2.24) is 10.6 Å². The van der Waals surface area contributed by atoms with Gasteiger partial charge in [0, 0.05) is 5.70 Å². The summed E-state index contributed by atoms with van der Waals surface area (Å²) < 4.78 is 16.2. The Morgan fingerprint density at radius 2 is 2.00 bits per heavy atom. The summed E-state index contributed by atoms with van der Waals surface area (Å²) in [4.78, 5) is 24.1. The first-order chi connectivity index (χ1) is 12.4. The van der Waals surface area contributed by atoms with Gasteiger partial charge in [-0.05, 0) is 38.0 Å². The molecular formula is C18H23ClN2O5. The maximum Gasteiger partial charge on any atom is 0.337 e. The van der Waals surface area contributed by atoms with Crippen molar-refractivity contribution >= 4 is 23.6 Å². The number of benzene rings is 1. The number of carbonyl (C=O) groups is 2. The van der Waals surface area contributed by atoms with Crippen molar-refractivity contribution in [1.29, 1.82) is 0 Å². The lowest BCUT2D eigenvalue weighted by molar-refractivity contribution is -0.136. The van der Waals surface area contributed by atoms with Gasteiger partial charge < -0.3 is 24.8 Å².